The highest BCUT2D eigenvalue weighted by atomic mass is 35.5. The summed E-state index contributed by atoms with van der Waals surface area (Å²) in [6.45, 7) is 1.90. The number of rotatable bonds is 4. The Labute approximate surface area is 175 Å². The molecule has 2 N–H and O–H groups in total. The third kappa shape index (κ3) is 3.65. The Morgan fingerprint density at radius 2 is 1.96 bits per heavy atom. The highest BCUT2D eigenvalue weighted by Crippen LogP contribution is 2.42. The number of amides is 2. The van der Waals surface area contributed by atoms with Crippen molar-refractivity contribution in [1.82, 2.24) is 10.3 Å². The van der Waals surface area contributed by atoms with Gasteiger partial charge in [-0.15, -0.1) is 11.3 Å². The highest BCUT2D eigenvalue weighted by Gasteiger charge is 2.45. The van der Waals surface area contributed by atoms with Crippen LogP contribution in [0.3, 0.4) is 0 Å². The van der Waals surface area contributed by atoms with E-state index in [2.05, 4.69) is 15.6 Å². The normalized spacial score (nSPS) is 18.3. The first-order valence-electron chi connectivity index (χ1n) is 8.54. The maximum Gasteiger partial charge on any atom is 0.250 e. The molecule has 1 aliphatic rings. The molecule has 0 fully saturated rings. The molecule has 0 unspecified atom stereocenters. The Kier molecular flexibility index (Phi) is 5.14. The predicted molar refractivity (Wildman–Crippen MR) is 114 cm³/mol. The fraction of sp³-hybridized carbons (Fsp3) is 0.150. The van der Waals surface area contributed by atoms with E-state index in [1.54, 1.807) is 6.92 Å². The van der Waals surface area contributed by atoms with E-state index in [9.17, 15) is 9.59 Å². The first-order chi connectivity index (χ1) is 13.5. The van der Waals surface area contributed by atoms with Crippen LogP contribution in [0.5, 0.6) is 0 Å². The molecule has 0 spiro atoms. The van der Waals surface area contributed by atoms with E-state index in [1.165, 1.54) is 23.1 Å². The Morgan fingerprint density at radius 1 is 1.21 bits per heavy atom. The Bertz CT molecular complexity index is 1050. The van der Waals surface area contributed by atoms with Gasteiger partial charge in [0.15, 0.2) is 4.75 Å². The number of nitrogens with zero attached hydrogens (tertiary/aromatic N) is 1. The Balaban J connectivity index is 1.45. The van der Waals surface area contributed by atoms with Gasteiger partial charge in [0.25, 0.3) is 0 Å². The van der Waals surface area contributed by atoms with E-state index in [-0.39, 0.29) is 18.4 Å². The molecule has 0 saturated heterocycles. The lowest BCUT2D eigenvalue weighted by Gasteiger charge is -2.31. The Morgan fingerprint density at radius 3 is 2.75 bits per heavy atom. The van der Waals surface area contributed by atoms with Crippen LogP contribution in [0, 0.1) is 0 Å². The van der Waals surface area contributed by atoms with Crippen molar-refractivity contribution in [3.8, 4) is 11.3 Å². The first kappa shape index (κ1) is 19.0. The van der Waals surface area contributed by atoms with Crippen LogP contribution in [0.15, 0.2) is 58.8 Å². The zero-order valence-corrected chi connectivity index (χ0v) is 17.3. The zero-order chi connectivity index (χ0) is 19.7. The molecule has 2 aromatic carbocycles. The fourth-order valence-corrected chi connectivity index (χ4v) is 4.78. The molecule has 2 heterocycles. The smallest absolute Gasteiger partial charge is 0.250 e. The second-order valence-electron chi connectivity index (χ2n) is 6.40. The number of aromatic nitrogens is 1. The fourth-order valence-electron chi connectivity index (χ4n) is 2.79. The lowest BCUT2D eigenvalue weighted by atomic mass is 10.1. The molecule has 5 nitrogen and oxygen atoms in total. The summed E-state index contributed by atoms with van der Waals surface area (Å²) in [5.74, 6) is -0.664. The van der Waals surface area contributed by atoms with E-state index in [0.29, 0.717) is 5.02 Å². The minimum Gasteiger partial charge on any atom is -0.348 e. The average Bonchev–Trinajstić information content (AvgIpc) is 3.16. The van der Waals surface area contributed by atoms with Crippen LogP contribution < -0.4 is 10.6 Å². The molecule has 3 aromatic rings. The zero-order valence-electron chi connectivity index (χ0n) is 14.9. The minimum atomic E-state index is -1.23. The molecular formula is C20H16ClN3O2S2. The summed E-state index contributed by atoms with van der Waals surface area (Å²) < 4.78 is -1.23. The number of halogens is 1. The third-order valence-electron chi connectivity index (χ3n) is 4.41. The lowest BCUT2D eigenvalue weighted by molar-refractivity contribution is -0.130. The number of carbonyl (C=O) groups is 2. The highest BCUT2D eigenvalue weighted by molar-refractivity contribution is 8.02. The van der Waals surface area contributed by atoms with E-state index in [1.807, 2.05) is 53.9 Å². The van der Waals surface area contributed by atoms with Crippen LogP contribution in [0.1, 0.15) is 11.9 Å². The number of hydrogen-bond donors (Lipinski definition) is 2. The van der Waals surface area contributed by atoms with Gasteiger partial charge in [0.05, 0.1) is 17.9 Å². The SMILES string of the molecule is C[C@]1(C(=O)NCc2nc(-c3ccc(Cl)cc3)cs2)Sc2ccccc2NC1=O. The third-order valence-corrected chi connectivity index (χ3v) is 6.86. The summed E-state index contributed by atoms with van der Waals surface area (Å²) in [5.41, 5.74) is 2.52. The number of para-hydroxylation sites is 1. The van der Waals surface area contributed by atoms with E-state index < -0.39 is 4.75 Å². The second-order valence-corrected chi connectivity index (χ2v) is 9.24. The van der Waals surface area contributed by atoms with Crippen molar-refractivity contribution in [2.45, 2.75) is 23.1 Å². The molecule has 1 aromatic heterocycles. The minimum absolute atomic E-state index is 0.266. The van der Waals surface area contributed by atoms with Crippen molar-refractivity contribution >= 4 is 52.2 Å². The van der Waals surface area contributed by atoms with Gasteiger partial charge < -0.3 is 10.6 Å². The maximum atomic E-state index is 12.8. The quantitative estimate of drug-likeness (QED) is 0.595. The molecule has 0 aliphatic carbocycles. The summed E-state index contributed by atoms with van der Waals surface area (Å²) >= 11 is 8.64. The lowest BCUT2D eigenvalue weighted by Crippen LogP contribution is -2.51. The second kappa shape index (κ2) is 7.58. The van der Waals surface area contributed by atoms with Crippen molar-refractivity contribution < 1.29 is 9.59 Å². The molecule has 1 aliphatic heterocycles. The number of carbonyl (C=O) groups excluding carboxylic acids is 2. The van der Waals surface area contributed by atoms with Crippen LogP contribution in [-0.2, 0) is 16.1 Å². The van der Waals surface area contributed by atoms with Gasteiger partial charge in [-0.1, -0.05) is 47.6 Å². The Hall–Kier alpha value is -2.35. The van der Waals surface area contributed by atoms with Gasteiger partial charge in [0, 0.05) is 20.9 Å². The number of benzene rings is 2. The van der Waals surface area contributed by atoms with Crippen LogP contribution in [-0.4, -0.2) is 21.5 Å². The van der Waals surface area contributed by atoms with Gasteiger partial charge in [-0.05, 0) is 31.2 Å². The summed E-state index contributed by atoms with van der Waals surface area (Å²) in [7, 11) is 0. The molecule has 0 bridgehead atoms. The van der Waals surface area contributed by atoms with Gasteiger partial charge >= 0.3 is 0 Å². The van der Waals surface area contributed by atoms with Crippen molar-refractivity contribution in [2.24, 2.45) is 0 Å². The molecule has 0 saturated carbocycles. The molecular weight excluding hydrogens is 414 g/mol. The van der Waals surface area contributed by atoms with Crippen molar-refractivity contribution in [3.05, 3.63) is 63.9 Å². The van der Waals surface area contributed by atoms with E-state index in [0.717, 1.165) is 26.8 Å². The molecule has 0 radical (unpaired) electrons. The number of fused-ring (bicyclic) bond motifs is 1. The van der Waals surface area contributed by atoms with Gasteiger partial charge in [-0.3, -0.25) is 9.59 Å². The van der Waals surface area contributed by atoms with Gasteiger partial charge in [0.1, 0.15) is 5.01 Å². The van der Waals surface area contributed by atoms with Crippen molar-refractivity contribution in [3.63, 3.8) is 0 Å². The summed E-state index contributed by atoms with van der Waals surface area (Å²) in [4.78, 5) is 30.8. The molecule has 2 amide bonds. The predicted octanol–water partition coefficient (Wildman–Crippen LogP) is 4.58. The number of anilines is 1. The van der Waals surface area contributed by atoms with Crippen molar-refractivity contribution in [2.75, 3.05) is 5.32 Å². The number of thioether (sulfide) groups is 1. The van der Waals surface area contributed by atoms with Crippen LogP contribution in [0.4, 0.5) is 5.69 Å². The number of thiazole rings is 1. The van der Waals surface area contributed by atoms with Gasteiger partial charge in [-0.25, -0.2) is 4.98 Å². The molecule has 8 heteroatoms. The van der Waals surface area contributed by atoms with Crippen LogP contribution in [0.25, 0.3) is 11.3 Å². The van der Waals surface area contributed by atoms with Crippen LogP contribution in [0.2, 0.25) is 5.02 Å². The van der Waals surface area contributed by atoms with E-state index >= 15 is 0 Å². The average molecular weight is 430 g/mol. The van der Waals surface area contributed by atoms with Gasteiger partial charge in [0.2, 0.25) is 11.8 Å². The molecule has 28 heavy (non-hydrogen) atoms. The molecule has 1 atom stereocenters. The summed E-state index contributed by atoms with van der Waals surface area (Å²) in [6.07, 6.45) is 0. The monoisotopic (exact) mass is 429 g/mol. The molecule has 142 valence electrons. The first-order valence-corrected chi connectivity index (χ1v) is 10.6. The number of hydrogen-bond acceptors (Lipinski definition) is 5. The largest absolute Gasteiger partial charge is 0.348 e. The van der Waals surface area contributed by atoms with E-state index in [4.69, 9.17) is 11.6 Å². The molecule has 4 rings (SSSR count). The number of nitrogens with one attached hydrogen (secondary N) is 2. The topological polar surface area (TPSA) is 71.1 Å². The standard InChI is InChI=1S/C20H16ClN3O2S2/c1-20(19(26)24-14-4-2-3-5-16(14)28-20)18(25)22-10-17-23-15(11-27-17)12-6-8-13(21)9-7-12/h2-9,11H,10H2,1H3,(H,22,25)(H,24,26)/t20-/m1/s1. The maximum absolute atomic E-state index is 12.8. The summed E-state index contributed by atoms with van der Waals surface area (Å²) in [5, 5.41) is 9.04. The van der Waals surface area contributed by atoms with Crippen LogP contribution >= 0.6 is 34.7 Å². The van der Waals surface area contributed by atoms with Crippen molar-refractivity contribution in [1.29, 1.82) is 0 Å². The summed E-state index contributed by atoms with van der Waals surface area (Å²) in [6, 6.07) is 14.9. The van der Waals surface area contributed by atoms with Gasteiger partial charge in [-0.2, -0.15) is 0 Å².